The van der Waals surface area contributed by atoms with Gasteiger partial charge in [-0.2, -0.15) is 0 Å². The third kappa shape index (κ3) is 8.86. The van der Waals surface area contributed by atoms with Gasteiger partial charge in [-0.15, -0.1) is 0 Å². The van der Waals surface area contributed by atoms with Gasteiger partial charge in [0.05, 0.1) is 17.5 Å². The molecule has 0 radical (unpaired) electrons. The Labute approximate surface area is 255 Å². The van der Waals surface area contributed by atoms with Crippen molar-refractivity contribution in [2.45, 2.75) is 84.8 Å². The van der Waals surface area contributed by atoms with E-state index in [2.05, 4.69) is 24.9 Å². The summed E-state index contributed by atoms with van der Waals surface area (Å²) in [5.41, 5.74) is 0.164. The second kappa shape index (κ2) is 14.8. The lowest BCUT2D eigenvalue weighted by molar-refractivity contribution is 0.0640. The van der Waals surface area contributed by atoms with E-state index >= 15 is 0 Å². The lowest BCUT2D eigenvalue weighted by Gasteiger charge is -2.31. The van der Waals surface area contributed by atoms with Crippen LogP contribution in [0.15, 0.2) is 30.7 Å². The molecule has 1 saturated heterocycles. The van der Waals surface area contributed by atoms with Gasteiger partial charge in [-0.05, 0) is 110 Å². The number of rotatable bonds is 13. The standard InChI is InChI=1S/C31H47FN6O4S/c1-6-43(40,41)36-26-10-7-23(8-11-26)16-33-17-24-13-14-37(19-24)30-29(18-34-20-35-30)42-28-12-9-25(32)15-27(28)31(39)38(21(2)3)22(4)5/h9,12,15,18,20-24,26,33,36H,6-8,10-11,13-14,16-17,19H2,1-5H3/t23?,24-,26?/m0/s1. The third-order valence-electron chi connectivity index (χ3n) is 8.42. The first-order valence-electron chi connectivity index (χ1n) is 15.5. The van der Waals surface area contributed by atoms with E-state index in [1.165, 1.54) is 24.5 Å². The van der Waals surface area contributed by atoms with Crippen LogP contribution < -0.4 is 19.7 Å². The van der Waals surface area contributed by atoms with Crippen molar-refractivity contribution in [1.82, 2.24) is 24.9 Å². The Balaban J connectivity index is 1.34. The Morgan fingerprint density at radius 2 is 1.77 bits per heavy atom. The average molecular weight is 619 g/mol. The third-order valence-corrected chi connectivity index (χ3v) is 9.87. The number of amides is 1. The summed E-state index contributed by atoms with van der Waals surface area (Å²) in [6.45, 7) is 12.8. The van der Waals surface area contributed by atoms with E-state index in [9.17, 15) is 17.6 Å². The molecule has 0 bridgehead atoms. The fourth-order valence-corrected chi connectivity index (χ4v) is 7.12. The van der Waals surface area contributed by atoms with Crippen molar-refractivity contribution in [2.24, 2.45) is 11.8 Å². The van der Waals surface area contributed by atoms with Crippen molar-refractivity contribution in [2.75, 3.05) is 36.8 Å². The van der Waals surface area contributed by atoms with Crippen LogP contribution in [0.25, 0.3) is 0 Å². The largest absolute Gasteiger partial charge is 0.451 e. The molecule has 0 spiro atoms. The second-order valence-corrected chi connectivity index (χ2v) is 14.4. The molecule has 10 nitrogen and oxygen atoms in total. The second-order valence-electron chi connectivity index (χ2n) is 12.4. The molecular weight excluding hydrogens is 571 g/mol. The zero-order valence-corrected chi connectivity index (χ0v) is 26.9. The molecule has 43 heavy (non-hydrogen) atoms. The summed E-state index contributed by atoms with van der Waals surface area (Å²) < 4.78 is 47.1. The summed E-state index contributed by atoms with van der Waals surface area (Å²) in [6, 6.07) is 3.94. The highest BCUT2D eigenvalue weighted by Crippen LogP contribution is 2.35. The summed E-state index contributed by atoms with van der Waals surface area (Å²) in [7, 11) is -3.15. The maximum atomic E-state index is 14.3. The fourth-order valence-electron chi connectivity index (χ4n) is 6.21. The first-order valence-corrected chi connectivity index (χ1v) is 17.2. The number of nitrogens with zero attached hydrogens (tertiary/aromatic N) is 4. The van der Waals surface area contributed by atoms with Gasteiger partial charge in [0.1, 0.15) is 17.9 Å². The number of hydrogen-bond acceptors (Lipinski definition) is 8. The number of carbonyl (C=O) groups excluding carboxylic acids is 1. The van der Waals surface area contributed by atoms with E-state index in [1.54, 1.807) is 18.0 Å². The van der Waals surface area contributed by atoms with Crippen molar-refractivity contribution in [3.63, 3.8) is 0 Å². The Bertz CT molecular complexity index is 1330. The molecule has 12 heteroatoms. The predicted molar refractivity (Wildman–Crippen MR) is 166 cm³/mol. The number of carbonyl (C=O) groups is 1. The number of halogens is 1. The predicted octanol–water partition coefficient (Wildman–Crippen LogP) is 4.58. The number of sulfonamides is 1. The summed E-state index contributed by atoms with van der Waals surface area (Å²) in [5, 5.41) is 3.64. The molecule has 1 aliphatic carbocycles. The van der Waals surface area contributed by atoms with E-state index in [4.69, 9.17) is 4.74 Å². The highest BCUT2D eigenvalue weighted by molar-refractivity contribution is 7.89. The number of benzene rings is 1. The molecule has 1 aliphatic heterocycles. The van der Waals surface area contributed by atoms with Crippen molar-refractivity contribution < 1.29 is 22.3 Å². The van der Waals surface area contributed by atoms with Crippen LogP contribution in [-0.4, -0.2) is 79.3 Å². The first-order chi connectivity index (χ1) is 20.5. The molecule has 0 unspecified atom stereocenters. The quantitative estimate of drug-likeness (QED) is 0.335. The van der Waals surface area contributed by atoms with Crippen molar-refractivity contribution >= 4 is 21.7 Å². The van der Waals surface area contributed by atoms with Gasteiger partial charge >= 0.3 is 0 Å². The Kier molecular flexibility index (Phi) is 11.4. The van der Waals surface area contributed by atoms with E-state index in [-0.39, 0.29) is 41.1 Å². The molecule has 2 fully saturated rings. The molecule has 1 aromatic heterocycles. The van der Waals surface area contributed by atoms with Crippen LogP contribution in [0.1, 0.15) is 77.1 Å². The van der Waals surface area contributed by atoms with E-state index < -0.39 is 15.8 Å². The molecule has 2 aromatic rings. The fraction of sp³-hybridized carbons (Fsp3) is 0.645. The molecule has 2 aliphatic rings. The number of hydrogen-bond donors (Lipinski definition) is 2. The highest BCUT2D eigenvalue weighted by Gasteiger charge is 2.29. The zero-order valence-electron chi connectivity index (χ0n) is 26.1. The van der Waals surface area contributed by atoms with Crippen LogP contribution in [0, 0.1) is 17.7 Å². The maximum Gasteiger partial charge on any atom is 0.258 e. The molecule has 1 saturated carbocycles. The SMILES string of the molecule is CCS(=O)(=O)NC1CCC(CNC[C@@H]2CCN(c3ncncc3Oc3ccc(F)cc3C(=O)N(C(C)C)C(C)C)C2)CC1. The number of aromatic nitrogens is 2. The van der Waals surface area contributed by atoms with Gasteiger partial charge in [0, 0.05) is 31.2 Å². The van der Waals surface area contributed by atoms with Crippen LogP contribution in [0.3, 0.4) is 0 Å². The van der Waals surface area contributed by atoms with Gasteiger partial charge < -0.3 is 19.9 Å². The van der Waals surface area contributed by atoms with Crippen molar-refractivity contribution in [3.8, 4) is 11.5 Å². The van der Waals surface area contributed by atoms with Crippen LogP contribution in [0.2, 0.25) is 0 Å². The minimum atomic E-state index is -3.15. The first kappa shape index (κ1) is 33.1. The minimum Gasteiger partial charge on any atom is -0.451 e. The summed E-state index contributed by atoms with van der Waals surface area (Å²) >= 11 is 0. The van der Waals surface area contributed by atoms with E-state index in [0.717, 1.165) is 58.3 Å². The monoisotopic (exact) mass is 618 g/mol. The topological polar surface area (TPSA) is 117 Å². The normalized spacial score (nSPS) is 21.0. The summed E-state index contributed by atoms with van der Waals surface area (Å²) in [5.74, 6) is 1.66. The molecule has 2 N–H and O–H groups in total. The molecule has 238 valence electrons. The zero-order chi connectivity index (χ0) is 31.1. The summed E-state index contributed by atoms with van der Waals surface area (Å²) in [4.78, 5) is 26.0. The van der Waals surface area contributed by atoms with Gasteiger partial charge in [0.25, 0.3) is 5.91 Å². The summed E-state index contributed by atoms with van der Waals surface area (Å²) in [6.07, 6.45) is 7.87. The van der Waals surface area contributed by atoms with E-state index in [0.29, 0.717) is 23.4 Å². The van der Waals surface area contributed by atoms with Gasteiger partial charge in [-0.1, -0.05) is 0 Å². The smallest absolute Gasteiger partial charge is 0.258 e. The molecule has 1 aromatic carbocycles. The number of anilines is 1. The lowest BCUT2D eigenvalue weighted by Crippen LogP contribution is -2.42. The van der Waals surface area contributed by atoms with Gasteiger partial charge in [-0.3, -0.25) is 4.79 Å². The molecule has 1 amide bonds. The average Bonchev–Trinajstić information content (AvgIpc) is 3.43. The van der Waals surface area contributed by atoms with Crippen molar-refractivity contribution in [1.29, 1.82) is 0 Å². The van der Waals surface area contributed by atoms with Gasteiger partial charge in [0.2, 0.25) is 10.0 Å². The minimum absolute atomic E-state index is 0.0577. The molecular formula is C31H47FN6O4S. The Morgan fingerprint density at radius 1 is 1.07 bits per heavy atom. The highest BCUT2D eigenvalue weighted by atomic mass is 32.2. The van der Waals surface area contributed by atoms with Crippen LogP contribution in [-0.2, 0) is 10.0 Å². The van der Waals surface area contributed by atoms with Gasteiger partial charge in [-0.25, -0.2) is 27.5 Å². The van der Waals surface area contributed by atoms with Gasteiger partial charge in [0.15, 0.2) is 11.6 Å². The molecule has 4 rings (SSSR count). The molecule has 2 heterocycles. The van der Waals surface area contributed by atoms with Crippen molar-refractivity contribution in [3.05, 3.63) is 42.1 Å². The maximum absolute atomic E-state index is 14.3. The van der Waals surface area contributed by atoms with Crippen LogP contribution in [0.4, 0.5) is 10.2 Å². The van der Waals surface area contributed by atoms with Crippen LogP contribution >= 0.6 is 0 Å². The van der Waals surface area contributed by atoms with Crippen LogP contribution in [0.5, 0.6) is 11.5 Å². The number of ether oxygens (including phenoxy) is 1. The number of nitrogens with one attached hydrogen (secondary N) is 2. The van der Waals surface area contributed by atoms with E-state index in [1.807, 2.05) is 27.7 Å². The lowest BCUT2D eigenvalue weighted by atomic mass is 9.86. The Hall–Kier alpha value is -2.83. The Morgan fingerprint density at radius 3 is 2.44 bits per heavy atom. The molecule has 1 atom stereocenters.